The van der Waals surface area contributed by atoms with E-state index >= 15 is 0 Å². The van der Waals surface area contributed by atoms with Crippen LogP contribution in [0.2, 0.25) is 0 Å². The second kappa shape index (κ2) is 8.15. The van der Waals surface area contributed by atoms with Crippen molar-refractivity contribution < 1.29 is 4.57 Å². The van der Waals surface area contributed by atoms with Crippen molar-refractivity contribution in [2.24, 2.45) is 7.05 Å². The Balaban J connectivity index is 1.59. The van der Waals surface area contributed by atoms with E-state index < -0.39 is 0 Å². The van der Waals surface area contributed by atoms with Crippen LogP contribution in [0.15, 0.2) is 69.3 Å². The zero-order valence-corrected chi connectivity index (χ0v) is 20.0. The van der Waals surface area contributed by atoms with Crippen molar-refractivity contribution in [3.8, 4) is 0 Å². The summed E-state index contributed by atoms with van der Waals surface area (Å²) in [4.78, 5) is 16.5. The first-order valence-corrected chi connectivity index (χ1v) is 12.5. The number of thiazole rings is 2. The molecule has 0 radical (unpaired) electrons. The number of aromatic nitrogens is 2. The summed E-state index contributed by atoms with van der Waals surface area (Å²) in [6, 6.07) is 16.7. The van der Waals surface area contributed by atoms with Crippen LogP contribution in [0.3, 0.4) is 0 Å². The molecule has 1 aliphatic rings. The fourth-order valence-electron chi connectivity index (χ4n) is 3.72. The van der Waals surface area contributed by atoms with Gasteiger partial charge in [-0.05, 0) is 37.3 Å². The minimum absolute atomic E-state index is 0.0718. The number of anilines is 1. The molecule has 31 heavy (non-hydrogen) atoms. The SMILES string of the molecule is CCn1c(=O)/c(=C/C=C2\Sc3ccccc3N2C)s/c1=C\c1sc2ccccc2[n+]1C. The zero-order valence-electron chi connectivity index (χ0n) is 17.5. The minimum Gasteiger partial charge on any atom is -0.338 e. The summed E-state index contributed by atoms with van der Waals surface area (Å²) in [6.07, 6.45) is 6.16. The average Bonchev–Trinajstić information content (AvgIpc) is 3.39. The van der Waals surface area contributed by atoms with Crippen molar-refractivity contribution in [1.29, 1.82) is 0 Å². The second-order valence-corrected chi connectivity index (χ2v) is 10.5. The summed E-state index contributed by atoms with van der Waals surface area (Å²) in [5.74, 6) is 0. The molecular formula is C24H22N3OS3+. The molecule has 0 aliphatic carbocycles. The number of nitrogens with zero attached hydrogens (tertiary/aromatic N) is 3. The van der Waals surface area contributed by atoms with Gasteiger partial charge in [0.25, 0.3) is 10.6 Å². The molecule has 2 aromatic heterocycles. The Hall–Kier alpha value is -2.61. The molecule has 4 aromatic rings. The third-order valence-electron chi connectivity index (χ3n) is 5.42. The first-order chi connectivity index (χ1) is 15.1. The molecule has 0 fully saturated rings. The fourth-order valence-corrected chi connectivity index (χ4v) is 6.99. The highest BCUT2D eigenvalue weighted by Crippen LogP contribution is 2.44. The molecule has 0 saturated heterocycles. The third kappa shape index (κ3) is 3.56. The molecular weight excluding hydrogens is 442 g/mol. The highest BCUT2D eigenvalue weighted by atomic mass is 32.2. The molecule has 0 saturated carbocycles. The van der Waals surface area contributed by atoms with Gasteiger partial charge < -0.3 is 4.90 Å². The maximum atomic E-state index is 13.0. The first kappa shape index (κ1) is 20.3. The van der Waals surface area contributed by atoms with E-state index in [4.69, 9.17) is 0 Å². The van der Waals surface area contributed by atoms with E-state index in [-0.39, 0.29) is 5.56 Å². The molecule has 4 nitrogen and oxygen atoms in total. The molecule has 0 N–H and O–H groups in total. The summed E-state index contributed by atoms with van der Waals surface area (Å²) < 4.78 is 7.04. The molecule has 0 bridgehead atoms. The molecule has 0 atom stereocenters. The number of para-hydroxylation sites is 2. The van der Waals surface area contributed by atoms with Gasteiger partial charge in [-0.25, -0.2) is 0 Å². The van der Waals surface area contributed by atoms with Crippen molar-refractivity contribution in [3.63, 3.8) is 0 Å². The van der Waals surface area contributed by atoms with E-state index in [9.17, 15) is 4.79 Å². The maximum absolute atomic E-state index is 13.0. The largest absolute Gasteiger partial charge is 0.338 e. The Labute approximate surface area is 192 Å². The number of hydrogen-bond donors (Lipinski definition) is 0. The van der Waals surface area contributed by atoms with Gasteiger partial charge in [0.15, 0.2) is 0 Å². The van der Waals surface area contributed by atoms with Gasteiger partial charge in [-0.2, -0.15) is 4.57 Å². The third-order valence-corrected chi connectivity index (χ3v) is 8.85. The molecule has 3 heterocycles. The van der Waals surface area contributed by atoms with Gasteiger partial charge in [0.2, 0.25) is 5.52 Å². The van der Waals surface area contributed by atoms with Crippen molar-refractivity contribution in [3.05, 3.63) is 84.2 Å². The number of thioether (sulfide) groups is 1. The predicted molar refractivity (Wildman–Crippen MR) is 133 cm³/mol. The van der Waals surface area contributed by atoms with Crippen LogP contribution in [0.25, 0.3) is 22.4 Å². The van der Waals surface area contributed by atoms with Gasteiger partial charge in [0.05, 0.1) is 21.3 Å². The Morgan fingerprint density at radius 1 is 1.03 bits per heavy atom. The topological polar surface area (TPSA) is 29.1 Å². The van der Waals surface area contributed by atoms with E-state index in [1.165, 1.54) is 20.8 Å². The van der Waals surface area contributed by atoms with Gasteiger partial charge in [-0.3, -0.25) is 9.36 Å². The van der Waals surface area contributed by atoms with Gasteiger partial charge in [0, 0.05) is 24.6 Å². The van der Waals surface area contributed by atoms with Crippen LogP contribution >= 0.6 is 34.4 Å². The van der Waals surface area contributed by atoms with E-state index in [0.29, 0.717) is 6.54 Å². The number of aryl methyl sites for hydroxylation is 1. The lowest BCUT2D eigenvalue weighted by molar-refractivity contribution is -0.642. The average molecular weight is 465 g/mol. The molecule has 0 amide bonds. The van der Waals surface area contributed by atoms with Crippen LogP contribution < -0.4 is 24.2 Å². The van der Waals surface area contributed by atoms with Crippen LogP contribution in [0.4, 0.5) is 5.69 Å². The van der Waals surface area contributed by atoms with E-state index in [1.807, 2.05) is 17.6 Å². The smallest absolute Gasteiger partial charge is 0.269 e. The lowest BCUT2D eigenvalue weighted by atomic mass is 10.3. The van der Waals surface area contributed by atoms with Crippen LogP contribution in [0.1, 0.15) is 11.9 Å². The Bertz CT molecular complexity index is 1510. The van der Waals surface area contributed by atoms with Gasteiger partial charge in [-0.1, -0.05) is 47.4 Å². The normalized spacial score (nSPS) is 16.1. The monoisotopic (exact) mass is 464 g/mol. The van der Waals surface area contributed by atoms with Gasteiger partial charge in [0.1, 0.15) is 16.4 Å². The van der Waals surface area contributed by atoms with Crippen molar-refractivity contribution >= 4 is 62.5 Å². The molecule has 2 aromatic carbocycles. The van der Waals surface area contributed by atoms with Crippen molar-refractivity contribution in [2.75, 3.05) is 11.9 Å². The van der Waals surface area contributed by atoms with Crippen LogP contribution in [0, 0.1) is 0 Å². The standard InChI is InChI=1S/C24H22N3OS3/c1-4-27-23(15-22-26(3)17-10-6-8-12-19(17)30-22)31-20(24(27)28)13-14-21-25(2)16-9-5-7-11-18(16)29-21/h5-15H,4H2,1-3H3/q+1/b20-13-,21-14-. The molecule has 7 heteroatoms. The number of rotatable bonds is 3. The van der Waals surface area contributed by atoms with E-state index in [0.717, 1.165) is 19.2 Å². The van der Waals surface area contributed by atoms with Gasteiger partial charge in [-0.15, -0.1) is 11.3 Å². The molecule has 0 unspecified atom stereocenters. The summed E-state index contributed by atoms with van der Waals surface area (Å²) in [5.41, 5.74) is 2.48. The summed E-state index contributed by atoms with van der Waals surface area (Å²) >= 11 is 5.03. The lowest BCUT2D eigenvalue weighted by Crippen LogP contribution is -2.32. The number of allylic oxidation sites excluding steroid dienone is 1. The number of fused-ring (bicyclic) bond motifs is 2. The first-order valence-electron chi connectivity index (χ1n) is 10.1. The predicted octanol–water partition coefficient (Wildman–Crippen LogP) is 3.66. The summed E-state index contributed by atoms with van der Waals surface area (Å²) in [5, 5.41) is 2.26. The summed E-state index contributed by atoms with van der Waals surface area (Å²) in [7, 11) is 4.15. The summed E-state index contributed by atoms with van der Waals surface area (Å²) in [6.45, 7) is 2.68. The highest BCUT2D eigenvalue weighted by Gasteiger charge is 2.20. The molecule has 0 spiro atoms. The van der Waals surface area contributed by atoms with Gasteiger partial charge >= 0.3 is 0 Å². The molecule has 5 rings (SSSR count). The number of benzene rings is 2. The van der Waals surface area contributed by atoms with Crippen molar-refractivity contribution in [2.45, 2.75) is 18.4 Å². The molecule has 1 aliphatic heterocycles. The maximum Gasteiger partial charge on any atom is 0.269 e. The Morgan fingerprint density at radius 2 is 1.81 bits per heavy atom. The highest BCUT2D eigenvalue weighted by molar-refractivity contribution is 8.03. The van der Waals surface area contributed by atoms with Crippen molar-refractivity contribution in [1.82, 2.24) is 4.57 Å². The number of hydrogen-bond acceptors (Lipinski definition) is 5. The van der Waals surface area contributed by atoms with Crippen LogP contribution in [0.5, 0.6) is 0 Å². The Morgan fingerprint density at radius 3 is 2.58 bits per heavy atom. The quantitative estimate of drug-likeness (QED) is 0.434. The Kier molecular flexibility index (Phi) is 5.33. The van der Waals surface area contributed by atoms with E-state index in [1.54, 1.807) is 34.4 Å². The second-order valence-electron chi connectivity index (χ2n) is 7.27. The van der Waals surface area contributed by atoms with E-state index in [2.05, 4.69) is 84.2 Å². The van der Waals surface area contributed by atoms with Crippen LogP contribution in [-0.4, -0.2) is 11.6 Å². The minimum atomic E-state index is 0.0718. The fraction of sp³-hybridized carbons (Fsp3) is 0.167. The molecule has 156 valence electrons. The lowest BCUT2D eigenvalue weighted by Gasteiger charge is -2.12. The van der Waals surface area contributed by atoms with Crippen LogP contribution in [-0.2, 0) is 13.6 Å². The zero-order chi connectivity index (χ0) is 21.5.